The Morgan fingerprint density at radius 2 is 1.85 bits per heavy atom. The number of hydrogen-bond acceptors (Lipinski definition) is 6. The van der Waals surface area contributed by atoms with Crippen LogP contribution in [0.1, 0.15) is 16.8 Å². The summed E-state index contributed by atoms with van der Waals surface area (Å²) in [6, 6.07) is 17.7. The minimum atomic E-state index is -0.535. The number of hydrogen-bond donors (Lipinski definition) is 1. The number of esters is 1. The number of H-pyrrole nitrogens is 1. The zero-order valence-corrected chi connectivity index (χ0v) is 18.6. The molecule has 33 heavy (non-hydrogen) atoms. The summed E-state index contributed by atoms with van der Waals surface area (Å²) in [4.78, 5) is 28.7. The molecule has 0 spiro atoms. The van der Waals surface area contributed by atoms with Crippen molar-refractivity contribution >= 4 is 51.0 Å². The molecule has 0 amide bonds. The number of methoxy groups -OCH3 is 1. The molecule has 5 aromatic rings. The maximum absolute atomic E-state index is 12.8. The Balaban J connectivity index is 1.44. The van der Waals surface area contributed by atoms with E-state index in [1.807, 2.05) is 24.3 Å². The SMILES string of the molecule is COCCCn1c(=S)[nH]c2cc(C(=O)Oc3ccc4oc5ccccc5c4c3)ccc2c1=O. The van der Waals surface area contributed by atoms with Crippen LogP contribution in [0.2, 0.25) is 0 Å². The number of carbonyl (C=O) groups is 1. The number of nitrogens with zero attached hydrogens (tertiary/aromatic N) is 1. The molecule has 0 aliphatic carbocycles. The van der Waals surface area contributed by atoms with Crippen molar-refractivity contribution in [3.8, 4) is 5.75 Å². The lowest BCUT2D eigenvalue weighted by atomic mass is 10.1. The third kappa shape index (κ3) is 3.94. The van der Waals surface area contributed by atoms with E-state index < -0.39 is 5.97 Å². The molecule has 5 rings (SSSR count). The summed E-state index contributed by atoms with van der Waals surface area (Å²) in [5.41, 5.74) is 2.08. The van der Waals surface area contributed by atoms with Crippen molar-refractivity contribution in [3.05, 3.63) is 81.4 Å². The van der Waals surface area contributed by atoms with Crippen LogP contribution in [0.5, 0.6) is 5.75 Å². The number of benzene rings is 3. The number of rotatable bonds is 6. The van der Waals surface area contributed by atoms with E-state index in [1.165, 1.54) is 4.57 Å². The molecular weight excluding hydrogens is 440 g/mol. The number of aromatic amines is 1. The molecule has 0 aliphatic heterocycles. The lowest BCUT2D eigenvalue weighted by molar-refractivity contribution is 0.0735. The lowest BCUT2D eigenvalue weighted by Crippen LogP contribution is -2.23. The average Bonchev–Trinajstić information content (AvgIpc) is 3.19. The molecule has 166 valence electrons. The highest BCUT2D eigenvalue weighted by Gasteiger charge is 2.14. The fourth-order valence-corrected chi connectivity index (χ4v) is 4.17. The number of para-hydroxylation sites is 1. The molecule has 0 fully saturated rings. The molecule has 7 nitrogen and oxygen atoms in total. The second kappa shape index (κ2) is 8.65. The van der Waals surface area contributed by atoms with Crippen molar-refractivity contribution in [3.63, 3.8) is 0 Å². The van der Waals surface area contributed by atoms with Gasteiger partial charge in [0.25, 0.3) is 5.56 Å². The summed E-state index contributed by atoms with van der Waals surface area (Å²) < 4.78 is 18.3. The van der Waals surface area contributed by atoms with Gasteiger partial charge in [0.05, 0.1) is 16.5 Å². The van der Waals surface area contributed by atoms with Crippen molar-refractivity contribution in [2.75, 3.05) is 13.7 Å². The first kappa shape index (κ1) is 21.1. The Kier molecular flexibility index (Phi) is 5.53. The largest absolute Gasteiger partial charge is 0.456 e. The minimum absolute atomic E-state index is 0.206. The van der Waals surface area contributed by atoms with E-state index in [0.29, 0.717) is 46.6 Å². The lowest BCUT2D eigenvalue weighted by Gasteiger charge is -2.09. The summed E-state index contributed by atoms with van der Waals surface area (Å²) in [7, 11) is 1.61. The van der Waals surface area contributed by atoms with Crippen molar-refractivity contribution in [1.82, 2.24) is 9.55 Å². The number of carbonyl (C=O) groups excluding carboxylic acids is 1. The predicted molar refractivity (Wildman–Crippen MR) is 129 cm³/mol. The molecule has 0 saturated carbocycles. The zero-order valence-electron chi connectivity index (χ0n) is 17.8. The smallest absolute Gasteiger partial charge is 0.343 e. The van der Waals surface area contributed by atoms with Gasteiger partial charge in [-0.3, -0.25) is 9.36 Å². The van der Waals surface area contributed by atoms with Gasteiger partial charge in [0.15, 0.2) is 4.77 Å². The third-order valence-electron chi connectivity index (χ3n) is 5.51. The summed E-state index contributed by atoms with van der Waals surface area (Å²) in [6.07, 6.45) is 0.667. The van der Waals surface area contributed by atoms with Gasteiger partial charge in [-0.25, -0.2) is 4.79 Å². The predicted octanol–water partition coefficient (Wildman–Crippen LogP) is 5.21. The van der Waals surface area contributed by atoms with E-state index in [4.69, 9.17) is 26.1 Å². The van der Waals surface area contributed by atoms with Crippen LogP contribution in [-0.4, -0.2) is 29.2 Å². The van der Waals surface area contributed by atoms with Crippen LogP contribution in [0.4, 0.5) is 0 Å². The highest BCUT2D eigenvalue weighted by atomic mass is 32.1. The van der Waals surface area contributed by atoms with Gasteiger partial charge >= 0.3 is 5.97 Å². The summed E-state index contributed by atoms with van der Waals surface area (Å²) in [5.74, 6) is -0.131. The molecule has 0 aliphatic rings. The van der Waals surface area contributed by atoms with E-state index in [0.717, 1.165) is 21.9 Å². The summed E-state index contributed by atoms with van der Waals surface area (Å²) in [5, 5.41) is 2.27. The number of fused-ring (bicyclic) bond motifs is 4. The van der Waals surface area contributed by atoms with Gasteiger partial charge < -0.3 is 18.9 Å². The first-order valence-electron chi connectivity index (χ1n) is 10.4. The molecule has 3 aromatic carbocycles. The average molecular weight is 461 g/mol. The van der Waals surface area contributed by atoms with Crippen molar-refractivity contribution in [2.24, 2.45) is 0 Å². The van der Waals surface area contributed by atoms with E-state index in [9.17, 15) is 9.59 Å². The maximum Gasteiger partial charge on any atom is 0.343 e. The van der Waals surface area contributed by atoms with Crippen LogP contribution in [0, 0.1) is 4.77 Å². The van der Waals surface area contributed by atoms with Crippen LogP contribution >= 0.6 is 12.2 Å². The highest BCUT2D eigenvalue weighted by Crippen LogP contribution is 2.31. The first-order chi connectivity index (χ1) is 16.0. The monoisotopic (exact) mass is 460 g/mol. The number of furan rings is 1. The number of nitrogens with one attached hydrogen (secondary N) is 1. The minimum Gasteiger partial charge on any atom is -0.456 e. The fraction of sp³-hybridized carbons (Fsp3) is 0.160. The van der Waals surface area contributed by atoms with Gasteiger partial charge in [0.2, 0.25) is 0 Å². The second-order valence-electron chi connectivity index (χ2n) is 7.64. The topological polar surface area (TPSA) is 86.5 Å². The van der Waals surface area contributed by atoms with Gasteiger partial charge in [0, 0.05) is 31.0 Å². The molecule has 0 radical (unpaired) electrons. The first-order valence-corrected chi connectivity index (χ1v) is 10.9. The van der Waals surface area contributed by atoms with E-state index in [-0.39, 0.29) is 5.56 Å². The maximum atomic E-state index is 12.8. The zero-order chi connectivity index (χ0) is 22.9. The molecule has 0 unspecified atom stereocenters. The second-order valence-corrected chi connectivity index (χ2v) is 8.03. The van der Waals surface area contributed by atoms with Crippen LogP contribution in [0.15, 0.2) is 69.9 Å². The third-order valence-corrected chi connectivity index (χ3v) is 5.83. The van der Waals surface area contributed by atoms with Gasteiger partial charge in [-0.15, -0.1) is 0 Å². The van der Waals surface area contributed by atoms with Crippen molar-refractivity contribution in [1.29, 1.82) is 0 Å². The Labute approximate surface area is 193 Å². The van der Waals surface area contributed by atoms with Crippen LogP contribution in [-0.2, 0) is 11.3 Å². The fourth-order valence-electron chi connectivity index (χ4n) is 3.89. The van der Waals surface area contributed by atoms with Gasteiger partial charge in [-0.05, 0) is 61.1 Å². The Morgan fingerprint density at radius 1 is 1.03 bits per heavy atom. The van der Waals surface area contributed by atoms with Crippen LogP contribution in [0.25, 0.3) is 32.8 Å². The van der Waals surface area contributed by atoms with Gasteiger partial charge in [0.1, 0.15) is 16.9 Å². The van der Waals surface area contributed by atoms with Crippen molar-refractivity contribution in [2.45, 2.75) is 13.0 Å². The van der Waals surface area contributed by atoms with E-state index >= 15 is 0 Å². The normalized spacial score (nSPS) is 11.4. The molecule has 0 saturated heterocycles. The Bertz CT molecular complexity index is 1630. The summed E-state index contributed by atoms with van der Waals surface area (Å²) in [6.45, 7) is 0.983. The van der Waals surface area contributed by atoms with Gasteiger partial charge in [-0.1, -0.05) is 18.2 Å². The molecular formula is C25H20N2O5S. The van der Waals surface area contributed by atoms with E-state index in [2.05, 4.69) is 4.98 Å². The van der Waals surface area contributed by atoms with E-state index in [1.54, 1.807) is 43.5 Å². The molecule has 0 bridgehead atoms. The number of aromatic nitrogens is 2. The molecule has 2 heterocycles. The molecule has 0 atom stereocenters. The quantitative estimate of drug-likeness (QED) is 0.162. The van der Waals surface area contributed by atoms with Gasteiger partial charge in [-0.2, -0.15) is 0 Å². The van der Waals surface area contributed by atoms with Crippen molar-refractivity contribution < 1.29 is 18.7 Å². The Hall–Kier alpha value is -3.75. The molecule has 2 aromatic heterocycles. The van der Waals surface area contributed by atoms with Crippen LogP contribution in [0.3, 0.4) is 0 Å². The Morgan fingerprint density at radius 3 is 2.70 bits per heavy atom. The molecule has 1 N–H and O–H groups in total. The molecule has 8 heteroatoms. The number of ether oxygens (including phenoxy) is 2. The standard InChI is InChI=1S/C25H20N2O5S/c1-30-12-4-11-27-23(28)18-9-7-15(13-20(18)26-25(27)33)24(29)31-16-8-10-22-19(14-16)17-5-2-3-6-21(17)32-22/h2-3,5-10,13-14H,4,11-12H2,1H3,(H,26,33). The van der Waals surface area contributed by atoms with Crippen LogP contribution < -0.4 is 10.3 Å². The highest BCUT2D eigenvalue weighted by molar-refractivity contribution is 7.71. The summed E-state index contributed by atoms with van der Waals surface area (Å²) >= 11 is 5.35.